The molecule has 1 aliphatic heterocycles. The molecule has 2 atom stereocenters. The van der Waals surface area contributed by atoms with E-state index >= 15 is 0 Å². The Morgan fingerprint density at radius 1 is 1.07 bits per heavy atom. The Kier molecular flexibility index (Phi) is 7.75. The largest absolute Gasteiger partial charge is 0.333 e. The molecule has 5 aromatic rings. The first-order valence-corrected chi connectivity index (χ1v) is 14.0. The number of alkyl halides is 2. The number of halogens is 4. The number of amides is 1. The number of nitrogens with zero attached hydrogens (tertiary/aromatic N) is 8. The Hall–Kier alpha value is -4.49. The van der Waals surface area contributed by atoms with Crippen molar-refractivity contribution in [1.29, 1.82) is 0 Å². The lowest BCUT2D eigenvalue weighted by atomic mass is 9.95. The second kappa shape index (κ2) is 11.7. The maximum atomic E-state index is 13.9. The summed E-state index contributed by atoms with van der Waals surface area (Å²) >= 11 is 12.3. The molecule has 0 saturated carbocycles. The molecular weight excluding hydrogens is 603 g/mol. The molecule has 2 bridgehead atoms. The molecule has 1 N–H and O–H groups in total. The van der Waals surface area contributed by atoms with Crippen molar-refractivity contribution in [2.45, 2.75) is 38.8 Å². The van der Waals surface area contributed by atoms with Crippen molar-refractivity contribution in [1.82, 2.24) is 39.3 Å². The van der Waals surface area contributed by atoms with Crippen LogP contribution in [0.25, 0.3) is 28.2 Å². The standard InChI is InChI=1S/C28H23Cl2F2N9O2/c1-15-3-2-4-22(16-7-17(11-33-10-16)26-21(36-27(15)43)12-35-41(26)28(31)32)39-14-34-20(9-25(39)42)19-8-18(29)5-6-23(19)40-13-24(30)37-38-40/h5-15,22,28H,2-4H2,1H3,(H,36,43)/t15-,22+/m1/s1. The summed E-state index contributed by atoms with van der Waals surface area (Å²) in [6.45, 7) is -1.18. The van der Waals surface area contributed by atoms with Crippen LogP contribution >= 0.6 is 23.2 Å². The van der Waals surface area contributed by atoms with E-state index < -0.39 is 18.5 Å². The van der Waals surface area contributed by atoms with Crippen molar-refractivity contribution in [3.05, 3.63) is 87.5 Å². The summed E-state index contributed by atoms with van der Waals surface area (Å²) in [6.07, 6.45) is 8.72. The summed E-state index contributed by atoms with van der Waals surface area (Å²) in [6, 6.07) is 7.58. The molecular formula is C28H23Cl2F2N9O2. The molecule has 6 rings (SSSR count). The summed E-state index contributed by atoms with van der Waals surface area (Å²) in [5.41, 5.74) is 2.19. The molecule has 0 radical (unpaired) electrons. The summed E-state index contributed by atoms with van der Waals surface area (Å²) in [7, 11) is 0. The van der Waals surface area contributed by atoms with Gasteiger partial charge in [0.1, 0.15) is 0 Å². The summed E-state index contributed by atoms with van der Waals surface area (Å²) < 4.78 is 31.3. The molecule has 0 saturated heterocycles. The topological polar surface area (TPSA) is 125 Å². The van der Waals surface area contributed by atoms with Gasteiger partial charge in [0.25, 0.3) is 5.56 Å². The van der Waals surface area contributed by atoms with Crippen LogP contribution < -0.4 is 10.9 Å². The molecule has 220 valence electrons. The van der Waals surface area contributed by atoms with Gasteiger partial charge in [0, 0.05) is 40.5 Å². The molecule has 1 aliphatic rings. The zero-order valence-corrected chi connectivity index (χ0v) is 24.0. The number of rotatable bonds is 4. The van der Waals surface area contributed by atoms with Gasteiger partial charge < -0.3 is 5.32 Å². The second-order valence-electron chi connectivity index (χ2n) is 10.1. The lowest BCUT2D eigenvalue weighted by Crippen LogP contribution is -2.27. The maximum Gasteiger partial charge on any atom is 0.333 e. The fraction of sp³-hybridized carbons (Fsp3) is 0.250. The number of pyridine rings is 1. The number of carbonyl (C=O) groups excluding carboxylic acids is 1. The third kappa shape index (κ3) is 5.65. The van der Waals surface area contributed by atoms with E-state index in [-0.39, 0.29) is 28.0 Å². The quantitative estimate of drug-likeness (QED) is 0.267. The van der Waals surface area contributed by atoms with E-state index in [0.717, 1.165) is 0 Å². The normalized spacial score (nSPS) is 17.2. The SMILES string of the molecule is C[C@@H]1CCC[C@H](n2cnc(-c3cc(Cl)ccc3-n3cc(Cl)nn3)cc2=O)c2cncc(c2)-c2c(cnn2C(F)F)NC1=O. The third-order valence-corrected chi connectivity index (χ3v) is 7.74. The molecule has 4 aromatic heterocycles. The smallest absolute Gasteiger partial charge is 0.323 e. The zero-order valence-electron chi connectivity index (χ0n) is 22.5. The van der Waals surface area contributed by atoms with Crippen LogP contribution in [0.2, 0.25) is 10.2 Å². The number of hydrogen-bond acceptors (Lipinski definition) is 7. The lowest BCUT2D eigenvalue weighted by Gasteiger charge is -2.23. The first-order valence-electron chi connectivity index (χ1n) is 13.3. The molecule has 0 fully saturated rings. The number of benzene rings is 1. The monoisotopic (exact) mass is 625 g/mol. The molecule has 0 spiro atoms. The van der Waals surface area contributed by atoms with Crippen LogP contribution in [0.5, 0.6) is 0 Å². The Morgan fingerprint density at radius 3 is 2.65 bits per heavy atom. The van der Waals surface area contributed by atoms with Crippen LogP contribution in [-0.4, -0.2) is 45.2 Å². The highest BCUT2D eigenvalue weighted by Gasteiger charge is 2.26. The van der Waals surface area contributed by atoms with Gasteiger partial charge in [0.2, 0.25) is 5.91 Å². The van der Waals surface area contributed by atoms with Crippen LogP contribution in [-0.2, 0) is 4.79 Å². The van der Waals surface area contributed by atoms with Gasteiger partial charge >= 0.3 is 6.55 Å². The van der Waals surface area contributed by atoms with E-state index in [4.69, 9.17) is 23.2 Å². The van der Waals surface area contributed by atoms with Gasteiger partial charge in [-0.05, 0) is 42.7 Å². The van der Waals surface area contributed by atoms with E-state index in [1.54, 1.807) is 37.4 Å². The average Bonchev–Trinajstić information content (AvgIpc) is 3.61. The molecule has 15 heteroatoms. The maximum absolute atomic E-state index is 13.9. The van der Waals surface area contributed by atoms with Gasteiger partial charge in [0.15, 0.2) is 5.15 Å². The van der Waals surface area contributed by atoms with Gasteiger partial charge in [-0.1, -0.05) is 41.8 Å². The minimum Gasteiger partial charge on any atom is -0.323 e. The summed E-state index contributed by atoms with van der Waals surface area (Å²) in [5, 5.41) is 15.0. The second-order valence-corrected chi connectivity index (χ2v) is 11.0. The minimum atomic E-state index is -2.95. The third-order valence-electron chi connectivity index (χ3n) is 7.34. The fourth-order valence-corrected chi connectivity index (χ4v) is 5.49. The van der Waals surface area contributed by atoms with Crippen LogP contribution in [0, 0.1) is 5.92 Å². The predicted octanol–water partition coefficient (Wildman–Crippen LogP) is 5.80. The molecule has 0 aliphatic carbocycles. The van der Waals surface area contributed by atoms with Crippen molar-refractivity contribution in [3.8, 4) is 28.2 Å². The number of anilines is 1. The molecule has 5 heterocycles. The molecule has 0 unspecified atom stereocenters. The van der Waals surface area contributed by atoms with Crippen molar-refractivity contribution in [2.24, 2.45) is 5.92 Å². The van der Waals surface area contributed by atoms with Gasteiger partial charge in [-0.15, -0.1) is 5.10 Å². The Labute approximate surface area is 253 Å². The fourth-order valence-electron chi connectivity index (χ4n) is 5.20. The van der Waals surface area contributed by atoms with Crippen molar-refractivity contribution >= 4 is 34.8 Å². The van der Waals surface area contributed by atoms with Crippen molar-refractivity contribution < 1.29 is 13.6 Å². The lowest BCUT2D eigenvalue weighted by molar-refractivity contribution is -0.119. The van der Waals surface area contributed by atoms with Gasteiger partial charge in [-0.25, -0.2) is 14.3 Å². The predicted molar refractivity (Wildman–Crippen MR) is 155 cm³/mol. The minimum absolute atomic E-state index is 0.0201. The van der Waals surface area contributed by atoms with Gasteiger partial charge in [0.05, 0.1) is 47.5 Å². The Morgan fingerprint density at radius 2 is 1.91 bits per heavy atom. The summed E-state index contributed by atoms with van der Waals surface area (Å²) in [5.74, 6) is -0.728. The zero-order chi connectivity index (χ0) is 30.2. The van der Waals surface area contributed by atoms with E-state index in [9.17, 15) is 18.4 Å². The molecule has 11 nitrogen and oxygen atoms in total. The highest BCUT2D eigenvalue weighted by Crippen LogP contribution is 2.35. The molecule has 1 aromatic carbocycles. The van der Waals surface area contributed by atoms with Crippen molar-refractivity contribution in [2.75, 3.05) is 5.32 Å². The number of carbonyl (C=O) groups is 1. The van der Waals surface area contributed by atoms with Gasteiger partial charge in [-0.3, -0.25) is 19.1 Å². The van der Waals surface area contributed by atoms with Crippen LogP contribution in [0.1, 0.15) is 44.3 Å². The average molecular weight is 626 g/mol. The number of fused-ring (bicyclic) bond motifs is 4. The highest BCUT2D eigenvalue weighted by molar-refractivity contribution is 6.31. The number of aromatic nitrogens is 8. The molecule has 43 heavy (non-hydrogen) atoms. The molecule has 1 amide bonds. The summed E-state index contributed by atoms with van der Waals surface area (Å²) in [4.78, 5) is 35.5. The first kappa shape index (κ1) is 28.6. The van der Waals surface area contributed by atoms with Crippen molar-refractivity contribution in [3.63, 3.8) is 0 Å². The Balaban J connectivity index is 1.45. The van der Waals surface area contributed by atoms with E-state index in [0.29, 0.717) is 57.0 Å². The number of hydrogen-bond donors (Lipinski definition) is 1. The van der Waals surface area contributed by atoms with E-state index in [1.807, 2.05) is 0 Å². The van der Waals surface area contributed by atoms with Crippen LogP contribution in [0.3, 0.4) is 0 Å². The van der Waals surface area contributed by atoms with Crippen LogP contribution in [0.4, 0.5) is 14.5 Å². The van der Waals surface area contributed by atoms with E-state index in [1.165, 1.54) is 40.2 Å². The van der Waals surface area contributed by atoms with Crippen LogP contribution in [0.15, 0.2) is 66.2 Å². The highest BCUT2D eigenvalue weighted by atomic mass is 35.5. The number of nitrogens with one attached hydrogen (secondary N) is 1. The van der Waals surface area contributed by atoms with Gasteiger partial charge in [-0.2, -0.15) is 13.9 Å². The van der Waals surface area contributed by atoms with E-state index in [2.05, 4.69) is 30.7 Å². The first-order chi connectivity index (χ1) is 20.7. The Bertz CT molecular complexity index is 1890.